The minimum Gasteiger partial charge on any atom is -0.494 e. The second-order valence-corrected chi connectivity index (χ2v) is 9.28. The highest BCUT2D eigenvalue weighted by molar-refractivity contribution is 9.10. The lowest BCUT2D eigenvalue weighted by atomic mass is 10.0. The van der Waals surface area contributed by atoms with Crippen molar-refractivity contribution in [1.29, 1.82) is 0 Å². The van der Waals surface area contributed by atoms with Crippen LogP contribution in [0.2, 0.25) is 0 Å². The molecule has 0 fully saturated rings. The molecular weight excluding hydrogens is 456 g/mol. The number of aliphatic hydroxyl groups is 1. The van der Waals surface area contributed by atoms with E-state index in [-0.39, 0.29) is 11.5 Å². The van der Waals surface area contributed by atoms with Crippen LogP contribution in [0.5, 0.6) is 5.75 Å². The van der Waals surface area contributed by atoms with Crippen LogP contribution in [-0.4, -0.2) is 57.0 Å². The van der Waals surface area contributed by atoms with Crippen LogP contribution in [0.4, 0.5) is 0 Å². The summed E-state index contributed by atoms with van der Waals surface area (Å²) in [5.74, 6) is 0.530. The number of likely N-dealkylation sites (N-methyl/N-ethyl adjacent to an activating group) is 1. The average Bonchev–Trinajstić information content (AvgIpc) is 2.98. The third-order valence-corrected chi connectivity index (χ3v) is 6.66. The molecule has 0 aromatic heterocycles. The Morgan fingerprint density at radius 3 is 2.55 bits per heavy atom. The number of fused-ring (bicyclic) bond motifs is 1. The molecule has 0 amide bonds. The van der Waals surface area contributed by atoms with Gasteiger partial charge in [-0.3, -0.25) is 0 Å². The summed E-state index contributed by atoms with van der Waals surface area (Å²) in [7, 11) is -3.73. The summed E-state index contributed by atoms with van der Waals surface area (Å²) in [6.45, 7) is 5.24. The lowest BCUT2D eigenvalue weighted by molar-refractivity contribution is 0.195. The van der Waals surface area contributed by atoms with Crippen LogP contribution >= 0.6 is 15.9 Å². The highest BCUT2D eigenvalue weighted by Gasteiger charge is 2.30. The molecule has 8 heteroatoms. The molecule has 0 atom stereocenters. The standard InChI is InChI=1S/C21H25BrN2O4S/c1-2-24(12-13-25)11-3-4-14-28-18-9-10-19-20(15-18)29(26,27)23-21(19)16-5-7-17(22)8-6-16/h5-10,15,25H,2-4,11-14H2,1H3. The van der Waals surface area contributed by atoms with Crippen LogP contribution in [0.25, 0.3) is 0 Å². The Kier molecular flexibility index (Phi) is 7.45. The first-order chi connectivity index (χ1) is 13.9. The molecule has 2 aromatic rings. The monoisotopic (exact) mass is 480 g/mol. The topological polar surface area (TPSA) is 79.2 Å². The normalized spacial score (nSPS) is 14.7. The zero-order valence-electron chi connectivity index (χ0n) is 16.3. The maximum absolute atomic E-state index is 12.5. The second-order valence-electron chi connectivity index (χ2n) is 6.79. The summed E-state index contributed by atoms with van der Waals surface area (Å²) in [5, 5.41) is 9.01. The van der Waals surface area contributed by atoms with E-state index >= 15 is 0 Å². The van der Waals surface area contributed by atoms with Crippen LogP contribution in [0.1, 0.15) is 30.9 Å². The van der Waals surface area contributed by atoms with Crippen molar-refractivity contribution in [2.75, 3.05) is 32.8 Å². The Balaban J connectivity index is 1.64. The molecule has 0 unspecified atom stereocenters. The fraction of sp³-hybridized carbons (Fsp3) is 0.381. The number of hydrogen-bond acceptors (Lipinski definition) is 5. The molecule has 0 radical (unpaired) electrons. The largest absolute Gasteiger partial charge is 0.494 e. The van der Waals surface area contributed by atoms with E-state index in [1.54, 1.807) is 18.2 Å². The second kappa shape index (κ2) is 9.84. The fourth-order valence-corrected chi connectivity index (χ4v) is 4.75. The highest BCUT2D eigenvalue weighted by Crippen LogP contribution is 2.32. The maximum Gasteiger partial charge on any atom is 0.283 e. The number of benzene rings is 2. The zero-order chi connectivity index (χ0) is 20.9. The van der Waals surface area contributed by atoms with Crippen molar-refractivity contribution >= 4 is 31.7 Å². The van der Waals surface area contributed by atoms with Gasteiger partial charge >= 0.3 is 0 Å². The molecule has 1 heterocycles. The molecule has 1 aliphatic heterocycles. The molecule has 3 rings (SSSR count). The predicted octanol–water partition coefficient (Wildman–Crippen LogP) is 3.46. The molecule has 1 N–H and O–H groups in total. The number of halogens is 1. The first kappa shape index (κ1) is 22.0. The summed E-state index contributed by atoms with van der Waals surface area (Å²) in [5.41, 5.74) is 1.82. The van der Waals surface area contributed by atoms with Crippen molar-refractivity contribution in [3.8, 4) is 5.75 Å². The Morgan fingerprint density at radius 1 is 1.10 bits per heavy atom. The summed E-state index contributed by atoms with van der Waals surface area (Å²) in [6, 6.07) is 12.5. The zero-order valence-corrected chi connectivity index (χ0v) is 18.7. The van der Waals surface area contributed by atoms with Crippen molar-refractivity contribution in [3.63, 3.8) is 0 Å². The van der Waals surface area contributed by atoms with E-state index in [0.717, 1.165) is 36.0 Å². The van der Waals surface area contributed by atoms with Gasteiger partial charge in [0.15, 0.2) is 0 Å². The van der Waals surface area contributed by atoms with Crippen molar-refractivity contribution in [3.05, 3.63) is 58.1 Å². The predicted molar refractivity (Wildman–Crippen MR) is 117 cm³/mol. The lowest BCUT2D eigenvalue weighted by Crippen LogP contribution is -2.27. The summed E-state index contributed by atoms with van der Waals surface area (Å²) in [4.78, 5) is 2.37. The van der Waals surface area contributed by atoms with Gasteiger partial charge in [0.05, 0.1) is 18.9 Å². The molecule has 0 bridgehead atoms. The summed E-state index contributed by atoms with van der Waals surface area (Å²) in [6.07, 6.45) is 1.81. The van der Waals surface area contributed by atoms with Gasteiger partial charge in [0.1, 0.15) is 10.6 Å². The van der Waals surface area contributed by atoms with E-state index < -0.39 is 10.0 Å². The SMILES string of the molecule is CCN(CCO)CCCCOc1ccc2c(c1)S(=O)(=O)N=C2c1ccc(Br)cc1. The number of rotatable bonds is 10. The average molecular weight is 481 g/mol. The number of aliphatic hydroxyl groups excluding tert-OH is 1. The molecule has 0 aliphatic carbocycles. The van der Waals surface area contributed by atoms with E-state index in [4.69, 9.17) is 9.84 Å². The van der Waals surface area contributed by atoms with E-state index in [1.807, 2.05) is 24.3 Å². The van der Waals surface area contributed by atoms with Gasteiger partial charge in [0.2, 0.25) is 0 Å². The number of hydrogen-bond donors (Lipinski definition) is 1. The van der Waals surface area contributed by atoms with Gasteiger partial charge in [-0.05, 0) is 50.2 Å². The minimum absolute atomic E-state index is 0.165. The molecule has 6 nitrogen and oxygen atoms in total. The maximum atomic E-state index is 12.5. The number of ether oxygens (including phenoxy) is 1. The molecule has 0 spiro atoms. The fourth-order valence-electron chi connectivity index (χ4n) is 3.23. The van der Waals surface area contributed by atoms with Gasteiger partial charge in [-0.1, -0.05) is 35.0 Å². The Morgan fingerprint density at radius 2 is 1.86 bits per heavy atom. The van der Waals surface area contributed by atoms with Crippen LogP contribution in [0, 0.1) is 0 Å². The smallest absolute Gasteiger partial charge is 0.283 e. The third kappa shape index (κ3) is 5.45. The molecule has 0 saturated carbocycles. The van der Waals surface area contributed by atoms with E-state index in [1.165, 1.54) is 0 Å². The third-order valence-electron chi connectivity index (χ3n) is 4.82. The number of nitrogens with zero attached hydrogens (tertiary/aromatic N) is 2. The van der Waals surface area contributed by atoms with Crippen molar-refractivity contribution in [1.82, 2.24) is 4.90 Å². The molecule has 156 valence electrons. The van der Waals surface area contributed by atoms with Crippen molar-refractivity contribution < 1.29 is 18.3 Å². The molecule has 29 heavy (non-hydrogen) atoms. The molecule has 1 aliphatic rings. The van der Waals surface area contributed by atoms with Crippen LogP contribution in [0.15, 0.2) is 56.2 Å². The van der Waals surface area contributed by atoms with Crippen molar-refractivity contribution in [2.24, 2.45) is 4.40 Å². The van der Waals surface area contributed by atoms with Gasteiger partial charge < -0.3 is 14.7 Å². The Bertz CT molecular complexity index is 975. The van der Waals surface area contributed by atoms with Crippen LogP contribution in [-0.2, 0) is 10.0 Å². The van der Waals surface area contributed by atoms with E-state index in [0.29, 0.717) is 30.2 Å². The van der Waals surface area contributed by atoms with Gasteiger partial charge in [-0.15, -0.1) is 0 Å². The van der Waals surface area contributed by atoms with Gasteiger partial charge in [-0.2, -0.15) is 12.8 Å². The molecule has 0 saturated heterocycles. The van der Waals surface area contributed by atoms with Gasteiger partial charge in [0.25, 0.3) is 10.0 Å². The van der Waals surface area contributed by atoms with E-state index in [2.05, 4.69) is 32.2 Å². The van der Waals surface area contributed by atoms with Crippen molar-refractivity contribution in [2.45, 2.75) is 24.7 Å². The van der Waals surface area contributed by atoms with Gasteiger partial charge in [-0.25, -0.2) is 0 Å². The number of sulfonamides is 1. The van der Waals surface area contributed by atoms with E-state index in [9.17, 15) is 8.42 Å². The first-order valence-electron chi connectivity index (χ1n) is 9.66. The van der Waals surface area contributed by atoms with Crippen LogP contribution in [0.3, 0.4) is 0 Å². The lowest BCUT2D eigenvalue weighted by Gasteiger charge is -2.18. The quantitative estimate of drug-likeness (QED) is 0.526. The molecular formula is C21H25BrN2O4S. The van der Waals surface area contributed by atoms with Crippen LogP contribution < -0.4 is 4.74 Å². The summed E-state index contributed by atoms with van der Waals surface area (Å²) < 4.78 is 35.7. The summed E-state index contributed by atoms with van der Waals surface area (Å²) >= 11 is 3.38. The molecule has 2 aromatic carbocycles. The Labute approximate surface area is 180 Å². The number of unbranched alkanes of at least 4 members (excludes halogenated alkanes) is 1. The Hall–Kier alpha value is -1.74. The first-order valence-corrected chi connectivity index (χ1v) is 11.9. The minimum atomic E-state index is -3.73. The highest BCUT2D eigenvalue weighted by atomic mass is 79.9. The van der Waals surface area contributed by atoms with Gasteiger partial charge in [0, 0.05) is 28.2 Å².